The van der Waals surface area contributed by atoms with Crippen molar-refractivity contribution in [3.05, 3.63) is 90.1 Å². The third-order valence-electron chi connectivity index (χ3n) is 5.66. The molecular weight excluding hydrogens is 386 g/mol. The first-order chi connectivity index (χ1) is 15.2. The number of anilines is 3. The lowest BCUT2D eigenvalue weighted by Crippen LogP contribution is -2.19. The molecule has 3 heterocycles. The second kappa shape index (κ2) is 8.57. The molecule has 156 valence electrons. The normalized spacial score (nSPS) is 16.5. The Hall–Kier alpha value is -3.71. The third-order valence-corrected chi connectivity index (χ3v) is 5.66. The van der Waals surface area contributed by atoms with E-state index in [1.165, 1.54) is 22.2 Å². The number of hydrogen-bond donors (Lipinski definition) is 2. The molecule has 2 aromatic heterocycles. The standard InChI is InChI=1S/C24H25N7/c25-23-28-24(29-31(23)22-8-4-5-14-26-22)27-21-11-9-19(10-12-21)20-13-15-30(17-20)16-18-6-2-1-3-7-18/h1-12,14,20H,13,15-17H2,(H3,25,27,28,29). The van der Waals surface area contributed by atoms with Crippen molar-refractivity contribution in [1.29, 1.82) is 0 Å². The summed E-state index contributed by atoms with van der Waals surface area (Å²) in [5.74, 6) is 1.94. The Balaban J connectivity index is 1.22. The second-order valence-corrected chi connectivity index (χ2v) is 7.85. The van der Waals surface area contributed by atoms with Crippen LogP contribution in [-0.2, 0) is 6.54 Å². The van der Waals surface area contributed by atoms with Crippen LogP contribution in [0.2, 0.25) is 0 Å². The number of likely N-dealkylation sites (tertiary alicyclic amines) is 1. The largest absolute Gasteiger partial charge is 0.368 e. The molecular formula is C24H25N7. The van der Waals surface area contributed by atoms with Gasteiger partial charge in [0, 0.05) is 25.0 Å². The van der Waals surface area contributed by atoms with Crippen molar-refractivity contribution in [2.24, 2.45) is 0 Å². The average Bonchev–Trinajstić information content (AvgIpc) is 3.42. The molecule has 7 nitrogen and oxygen atoms in total. The van der Waals surface area contributed by atoms with Crippen LogP contribution < -0.4 is 11.1 Å². The van der Waals surface area contributed by atoms with Crippen LogP contribution in [0.3, 0.4) is 0 Å². The van der Waals surface area contributed by atoms with Crippen LogP contribution in [0.15, 0.2) is 79.0 Å². The minimum atomic E-state index is 0.294. The molecule has 1 aliphatic heterocycles. The Labute approximate surface area is 181 Å². The van der Waals surface area contributed by atoms with Crippen molar-refractivity contribution >= 4 is 17.6 Å². The molecule has 3 N–H and O–H groups in total. The van der Waals surface area contributed by atoms with Gasteiger partial charge in [-0.2, -0.15) is 9.67 Å². The van der Waals surface area contributed by atoms with E-state index in [2.05, 4.69) is 79.9 Å². The van der Waals surface area contributed by atoms with Crippen LogP contribution in [0.1, 0.15) is 23.5 Å². The molecule has 0 aliphatic carbocycles. The zero-order valence-electron chi connectivity index (χ0n) is 17.2. The monoisotopic (exact) mass is 411 g/mol. The van der Waals surface area contributed by atoms with Gasteiger partial charge in [-0.1, -0.05) is 48.5 Å². The molecule has 0 spiro atoms. The predicted octanol–water partition coefficient (Wildman–Crippen LogP) is 3.98. The van der Waals surface area contributed by atoms with Crippen molar-refractivity contribution in [3.63, 3.8) is 0 Å². The molecule has 0 radical (unpaired) electrons. The summed E-state index contributed by atoms with van der Waals surface area (Å²) in [7, 11) is 0. The molecule has 4 aromatic rings. The van der Waals surface area contributed by atoms with Crippen LogP contribution >= 0.6 is 0 Å². The summed E-state index contributed by atoms with van der Waals surface area (Å²) in [6.45, 7) is 3.24. The second-order valence-electron chi connectivity index (χ2n) is 7.85. The molecule has 31 heavy (non-hydrogen) atoms. The van der Waals surface area contributed by atoms with Crippen molar-refractivity contribution in [2.75, 3.05) is 24.1 Å². The van der Waals surface area contributed by atoms with Crippen LogP contribution in [-0.4, -0.2) is 37.7 Å². The number of nitrogen functional groups attached to an aromatic ring is 1. The number of nitrogens with two attached hydrogens (primary N) is 1. The SMILES string of the molecule is Nc1nc(Nc2ccc(C3CCN(Cc4ccccc4)C3)cc2)nn1-c1ccccn1. The number of nitrogens with zero attached hydrogens (tertiary/aromatic N) is 5. The number of nitrogens with one attached hydrogen (secondary N) is 1. The van der Waals surface area contributed by atoms with Gasteiger partial charge in [0.05, 0.1) is 0 Å². The van der Waals surface area contributed by atoms with Crippen LogP contribution in [0.4, 0.5) is 17.6 Å². The van der Waals surface area contributed by atoms with E-state index < -0.39 is 0 Å². The molecule has 7 heteroatoms. The van der Waals surface area contributed by atoms with E-state index in [9.17, 15) is 0 Å². The molecule has 1 unspecified atom stereocenters. The van der Waals surface area contributed by atoms with Gasteiger partial charge in [-0.3, -0.25) is 4.90 Å². The van der Waals surface area contributed by atoms with Gasteiger partial charge in [0.25, 0.3) is 0 Å². The summed E-state index contributed by atoms with van der Waals surface area (Å²) in [5, 5.41) is 7.66. The Bertz CT molecular complexity index is 1120. The number of rotatable bonds is 6. The smallest absolute Gasteiger partial charge is 0.248 e. The van der Waals surface area contributed by atoms with Gasteiger partial charge in [0.1, 0.15) is 0 Å². The molecule has 0 bridgehead atoms. The van der Waals surface area contributed by atoms with Crippen molar-refractivity contribution in [2.45, 2.75) is 18.9 Å². The topological polar surface area (TPSA) is 84.9 Å². The van der Waals surface area contributed by atoms with Gasteiger partial charge >= 0.3 is 0 Å². The Kier molecular flexibility index (Phi) is 5.33. The minimum absolute atomic E-state index is 0.294. The van der Waals surface area contributed by atoms with Crippen LogP contribution in [0.25, 0.3) is 5.82 Å². The molecule has 1 saturated heterocycles. The molecule has 1 aliphatic rings. The maximum absolute atomic E-state index is 6.01. The molecule has 0 saturated carbocycles. The quantitative estimate of drug-likeness (QED) is 0.499. The highest BCUT2D eigenvalue weighted by Gasteiger charge is 2.23. The summed E-state index contributed by atoms with van der Waals surface area (Å²) in [4.78, 5) is 11.1. The summed E-state index contributed by atoms with van der Waals surface area (Å²) >= 11 is 0. The van der Waals surface area contributed by atoms with E-state index in [0.29, 0.717) is 23.6 Å². The molecule has 1 fully saturated rings. The summed E-state index contributed by atoms with van der Waals surface area (Å²) in [6.07, 6.45) is 2.89. The zero-order chi connectivity index (χ0) is 21.0. The first-order valence-electron chi connectivity index (χ1n) is 10.5. The predicted molar refractivity (Wildman–Crippen MR) is 122 cm³/mol. The van der Waals surface area contributed by atoms with E-state index in [1.54, 1.807) is 6.20 Å². The first kappa shape index (κ1) is 19.3. The first-order valence-corrected chi connectivity index (χ1v) is 10.5. The molecule has 1 atom stereocenters. The molecule has 2 aromatic carbocycles. The highest BCUT2D eigenvalue weighted by molar-refractivity contribution is 5.55. The van der Waals surface area contributed by atoms with Crippen molar-refractivity contribution in [3.8, 4) is 5.82 Å². The van der Waals surface area contributed by atoms with Crippen LogP contribution in [0, 0.1) is 0 Å². The summed E-state index contributed by atoms with van der Waals surface area (Å²) in [5.41, 5.74) is 9.68. The zero-order valence-corrected chi connectivity index (χ0v) is 17.2. The van der Waals surface area contributed by atoms with E-state index >= 15 is 0 Å². The fourth-order valence-corrected chi connectivity index (χ4v) is 4.08. The Morgan fingerprint density at radius 2 is 1.77 bits per heavy atom. The van der Waals surface area contributed by atoms with E-state index in [1.807, 2.05) is 18.2 Å². The summed E-state index contributed by atoms with van der Waals surface area (Å²) < 4.78 is 1.52. The van der Waals surface area contributed by atoms with Gasteiger partial charge in [-0.05, 0) is 54.3 Å². The number of pyridine rings is 1. The third kappa shape index (κ3) is 4.41. The highest BCUT2D eigenvalue weighted by atomic mass is 15.4. The van der Waals surface area contributed by atoms with Crippen molar-refractivity contribution < 1.29 is 0 Å². The molecule has 5 rings (SSSR count). The highest BCUT2D eigenvalue weighted by Crippen LogP contribution is 2.29. The van der Waals surface area contributed by atoms with Crippen LogP contribution in [0.5, 0.6) is 0 Å². The van der Waals surface area contributed by atoms with E-state index in [-0.39, 0.29) is 0 Å². The fourth-order valence-electron chi connectivity index (χ4n) is 4.08. The van der Waals surface area contributed by atoms with Gasteiger partial charge < -0.3 is 11.1 Å². The maximum Gasteiger partial charge on any atom is 0.248 e. The lowest BCUT2D eigenvalue weighted by Gasteiger charge is -2.16. The number of hydrogen-bond acceptors (Lipinski definition) is 6. The van der Waals surface area contributed by atoms with Crippen molar-refractivity contribution in [1.82, 2.24) is 24.6 Å². The number of benzene rings is 2. The number of aromatic nitrogens is 4. The lowest BCUT2D eigenvalue weighted by atomic mass is 9.98. The Morgan fingerprint density at radius 1 is 0.968 bits per heavy atom. The van der Waals surface area contributed by atoms with Gasteiger partial charge in [0.15, 0.2) is 5.82 Å². The fraction of sp³-hybridized carbons (Fsp3) is 0.208. The van der Waals surface area contributed by atoms with E-state index in [0.717, 1.165) is 25.3 Å². The minimum Gasteiger partial charge on any atom is -0.368 e. The van der Waals surface area contributed by atoms with Gasteiger partial charge in [-0.25, -0.2) is 4.98 Å². The maximum atomic E-state index is 6.01. The average molecular weight is 412 g/mol. The van der Waals surface area contributed by atoms with Gasteiger partial charge in [-0.15, -0.1) is 5.10 Å². The van der Waals surface area contributed by atoms with Gasteiger partial charge in [0.2, 0.25) is 11.9 Å². The Morgan fingerprint density at radius 3 is 2.55 bits per heavy atom. The van der Waals surface area contributed by atoms with E-state index in [4.69, 9.17) is 5.73 Å². The lowest BCUT2D eigenvalue weighted by molar-refractivity contribution is 0.327. The summed E-state index contributed by atoms with van der Waals surface area (Å²) in [6, 6.07) is 24.8. The molecule has 0 amide bonds.